The first-order chi connectivity index (χ1) is 6.70. The maximum absolute atomic E-state index is 11.2. The topological polar surface area (TPSA) is 65.5 Å². The van der Waals surface area contributed by atoms with Gasteiger partial charge in [-0.3, -0.25) is 4.79 Å². The van der Waals surface area contributed by atoms with E-state index in [4.69, 9.17) is 5.11 Å². The Hall–Kier alpha value is -1.14. The number of β-amino-alcohol motifs (C(OH)–C–C–N with tert-alkyl or cyclic N) is 1. The maximum atomic E-state index is 11.2. The lowest BCUT2D eigenvalue weighted by Gasteiger charge is -2.35. The number of hydrogen-bond acceptors (Lipinski definition) is 5. The van der Waals surface area contributed by atoms with Crippen LogP contribution in [0.4, 0.5) is 5.13 Å². The van der Waals surface area contributed by atoms with Gasteiger partial charge in [-0.15, -0.1) is 11.3 Å². The van der Waals surface area contributed by atoms with Gasteiger partial charge in [0.15, 0.2) is 5.13 Å². The Bertz CT molecular complexity index is 346. The fourth-order valence-electron chi connectivity index (χ4n) is 1.25. The Labute approximate surface area is 85.4 Å². The molecule has 6 heteroatoms. The van der Waals surface area contributed by atoms with Gasteiger partial charge >= 0.3 is 0 Å². The molecule has 2 N–H and O–H groups in total. The number of anilines is 1. The summed E-state index contributed by atoms with van der Waals surface area (Å²) < 4.78 is 0. The summed E-state index contributed by atoms with van der Waals surface area (Å²) in [5.41, 5.74) is 0.439. The first-order valence-electron chi connectivity index (χ1n) is 4.31. The molecule has 1 amide bonds. The highest BCUT2D eigenvalue weighted by molar-refractivity contribution is 7.14. The molecule has 0 unspecified atom stereocenters. The lowest BCUT2D eigenvalue weighted by atomic mass is 10.2. The van der Waals surface area contributed by atoms with E-state index in [0.29, 0.717) is 18.8 Å². The van der Waals surface area contributed by atoms with Gasteiger partial charge in [0.05, 0.1) is 6.10 Å². The smallest absolute Gasteiger partial charge is 0.270 e. The molecule has 0 saturated carbocycles. The van der Waals surface area contributed by atoms with Crippen molar-refractivity contribution in [2.45, 2.75) is 6.10 Å². The second kappa shape index (κ2) is 3.55. The maximum Gasteiger partial charge on any atom is 0.270 e. The Kier molecular flexibility index (Phi) is 2.39. The molecule has 1 saturated heterocycles. The normalized spacial score (nSPS) is 16.6. The Balaban J connectivity index is 2.07. The predicted octanol–water partition coefficient (Wildman–Crippen LogP) is -0.316. The fourth-order valence-corrected chi connectivity index (χ4v) is 2.08. The van der Waals surface area contributed by atoms with Crippen molar-refractivity contribution >= 4 is 22.4 Å². The van der Waals surface area contributed by atoms with Crippen molar-refractivity contribution in [3.8, 4) is 0 Å². The molecule has 1 fully saturated rings. The zero-order chi connectivity index (χ0) is 10.1. The van der Waals surface area contributed by atoms with Gasteiger partial charge in [-0.1, -0.05) is 0 Å². The molecule has 1 aliphatic heterocycles. The van der Waals surface area contributed by atoms with E-state index in [1.807, 2.05) is 4.90 Å². The quantitative estimate of drug-likeness (QED) is 0.707. The summed E-state index contributed by atoms with van der Waals surface area (Å²) in [7, 11) is 1.58. The number of aromatic nitrogens is 1. The molecule has 0 radical (unpaired) electrons. The van der Waals surface area contributed by atoms with E-state index in [2.05, 4.69) is 10.3 Å². The van der Waals surface area contributed by atoms with E-state index >= 15 is 0 Å². The number of carbonyl (C=O) groups excluding carboxylic acids is 1. The lowest BCUT2D eigenvalue weighted by Crippen LogP contribution is -2.50. The number of hydrogen-bond donors (Lipinski definition) is 2. The first-order valence-corrected chi connectivity index (χ1v) is 5.19. The van der Waals surface area contributed by atoms with Crippen LogP contribution in [0.1, 0.15) is 10.5 Å². The van der Waals surface area contributed by atoms with E-state index in [1.165, 1.54) is 11.3 Å². The third-order valence-electron chi connectivity index (χ3n) is 2.08. The number of thiazole rings is 1. The molecule has 14 heavy (non-hydrogen) atoms. The molecule has 1 aromatic rings. The number of aliphatic hydroxyl groups is 1. The molecule has 5 nitrogen and oxygen atoms in total. The summed E-state index contributed by atoms with van der Waals surface area (Å²) >= 11 is 1.42. The van der Waals surface area contributed by atoms with E-state index in [0.717, 1.165) is 5.13 Å². The largest absolute Gasteiger partial charge is 0.389 e. The Morgan fingerprint density at radius 2 is 2.50 bits per heavy atom. The van der Waals surface area contributed by atoms with Crippen molar-refractivity contribution in [2.75, 3.05) is 25.0 Å². The lowest BCUT2D eigenvalue weighted by molar-refractivity contribution is 0.0959. The SMILES string of the molecule is CNC(=O)c1csc(N2CC(O)C2)n1. The first kappa shape index (κ1) is 9.42. The van der Waals surface area contributed by atoms with Crippen LogP contribution in [0.15, 0.2) is 5.38 Å². The van der Waals surface area contributed by atoms with Crippen molar-refractivity contribution in [3.63, 3.8) is 0 Å². The van der Waals surface area contributed by atoms with Gasteiger partial charge in [0.1, 0.15) is 5.69 Å². The van der Waals surface area contributed by atoms with Crippen molar-refractivity contribution < 1.29 is 9.90 Å². The van der Waals surface area contributed by atoms with Gasteiger partial charge in [0.25, 0.3) is 5.91 Å². The molecule has 2 heterocycles. The average Bonchev–Trinajstić information content (AvgIpc) is 2.60. The van der Waals surface area contributed by atoms with Gasteiger partial charge < -0.3 is 15.3 Å². The molecule has 1 aliphatic rings. The summed E-state index contributed by atoms with van der Waals surface area (Å²) in [6.07, 6.45) is -0.248. The monoisotopic (exact) mass is 213 g/mol. The fraction of sp³-hybridized carbons (Fsp3) is 0.500. The number of nitrogens with zero attached hydrogens (tertiary/aromatic N) is 2. The Morgan fingerprint density at radius 3 is 3.07 bits per heavy atom. The highest BCUT2D eigenvalue weighted by Crippen LogP contribution is 2.24. The third-order valence-corrected chi connectivity index (χ3v) is 2.99. The summed E-state index contributed by atoms with van der Waals surface area (Å²) in [6, 6.07) is 0. The minimum atomic E-state index is -0.248. The predicted molar refractivity (Wildman–Crippen MR) is 53.7 cm³/mol. The second-order valence-corrected chi connectivity index (χ2v) is 3.99. The van der Waals surface area contributed by atoms with E-state index in [1.54, 1.807) is 12.4 Å². The molecule has 0 spiro atoms. The minimum absolute atomic E-state index is 0.173. The Morgan fingerprint density at radius 1 is 1.79 bits per heavy atom. The molecular formula is C8H11N3O2S. The third kappa shape index (κ3) is 1.58. The van der Waals surface area contributed by atoms with Gasteiger partial charge in [-0.05, 0) is 0 Å². The van der Waals surface area contributed by atoms with Gasteiger partial charge in [0, 0.05) is 25.5 Å². The molecule has 76 valence electrons. The molecule has 0 bridgehead atoms. The number of nitrogens with one attached hydrogen (secondary N) is 1. The van der Waals surface area contributed by atoms with Crippen molar-refractivity contribution in [2.24, 2.45) is 0 Å². The zero-order valence-corrected chi connectivity index (χ0v) is 8.54. The van der Waals surface area contributed by atoms with Gasteiger partial charge in [0.2, 0.25) is 0 Å². The summed E-state index contributed by atoms with van der Waals surface area (Å²) in [6.45, 7) is 1.22. The van der Waals surface area contributed by atoms with Crippen LogP contribution >= 0.6 is 11.3 Å². The van der Waals surface area contributed by atoms with E-state index in [9.17, 15) is 4.79 Å². The molecule has 1 aromatic heterocycles. The van der Waals surface area contributed by atoms with Crippen molar-refractivity contribution in [1.29, 1.82) is 0 Å². The van der Waals surface area contributed by atoms with Crippen molar-refractivity contribution in [3.05, 3.63) is 11.1 Å². The summed E-state index contributed by atoms with van der Waals surface area (Å²) in [5.74, 6) is -0.173. The van der Waals surface area contributed by atoms with E-state index < -0.39 is 0 Å². The number of carbonyl (C=O) groups is 1. The van der Waals surface area contributed by atoms with Crippen molar-refractivity contribution in [1.82, 2.24) is 10.3 Å². The summed E-state index contributed by atoms with van der Waals surface area (Å²) in [4.78, 5) is 17.3. The van der Waals surface area contributed by atoms with Crippen LogP contribution in [-0.2, 0) is 0 Å². The zero-order valence-electron chi connectivity index (χ0n) is 7.73. The highest BCUT2D eigenvalue weighted by Gasteiger charge is 2.27. The van der Waals surface area contributed by atoms with Crippen LogP contribution in [0.5, 0.6) is 0 Å². The summed E-state index contributed by atoms with van der Waals surface area (Å²) in [5, 5.41) is 14.1. The van der Waals surface area contributed by atoms with E-state index in [-0.39, 0.29) is 12.0 Å². The second-order valence-electron chi connectivity index (χ2n) is 3.15. The highest BCUT2D eigenvalue weighted by atomic mass is 32.1. The van der Waals surface area contributed by atoms with Crippen LogP contribution in [0, 0.1) is 0 Å². The molecule has 0 aliphatic carbocycles. The number of aliphatic hydroxyl groups excluding tert-OH is 1. The molecule has 2 rings (SSSR count). The molecule has 0 aromatic carbocycles. The minimum Gasteiger partial charge on any atom is -0.389 e. The van der Waals surface area contributed by atoms with Crippen LogP contribution in [0.3, 0.4) is 0 Å². The molecule has 0 atom stereocenters. The molecular weight excluding hydrogens is 202 g/mol. The van der Waals surface area contributed by atoms with Crippen LogP contribution in [0.2, 0.25) is 0 Å². The average molecular weight is 213 g/mol. The number of amides is 1. The number of rotatable bonds is 2. The van der Waals surface area contributed by atoms with Gasteiger partial charge in [-0.2, -0.15) is 0 Å². The van der Waals surface area contributed by atoms with Gasteiger partial charge in [-0.25, -0.2) is 4.98 Å². The van der Waals surface area contributed by atoms with Crippen LogP contribution in [0.25, 0.3) is 0 Å². The van der Waals surface area contributed by atoms with Crippen LogP contribution < -0.4 is 10.2 Å². The standard InChI is InChI=1S/C8H11N3O2S/c1-9-7(13)6-4-14-8(10-6)11-2-5(12)3-11/h4-5,12H,2-3H2,1H3,(H,9,13). The van der Waals surface area contributed by atoms with Crippen LogP contribution in [-0.4, -0.2) is 42.2 Å².